The molecule has 44 heavy (non-hydrogen) atoms. The Morgan fingerprint density at radius 1 is 0.477 bits per heavy atom. The van der Waals surface area contributed by atoms with Crippen LogP contribution in [0.5, 0.6) is 0 Å². The van der Waals surface area contributed by atoms with Gasteiger partial charge in [-0.2, -0.15) is 0 Å². The van der Waals surface area contributed by atoms with Gasteiger partial charge in [-0.05, 0) is 141 Å². The number of benzene rings is 6. The first-order valence-corrected chi connectivity index (χ1v) is 16.7. The predicted octanol–water partition coefficient (Wildman–Crippen LogP) is 11.2. The van der Waals surface area contributed by atoms with Gasteiger partial charge in [-0.15, -0.1) is 0 Å². The Hall–Kier alpha value is -4.36. The molecule has 4 fully saturated rings. The summed E-state index contributed by atoms with van der Waals surface area (Å²) in [5.74, 6) is 3.50. The van der Waals surface area contributed by atoms with Crippen LogP contribution >= 0.6 is 0 Å². The minimum Gasteiger partial charge on any atom is -0.310 e. The minimum atomic E-state index is 0.173. The molecule has 4 saturated carbocycles. The van der Waals surface area contributed by atoms with Crippen LogP contribution in [0.2, 0.25) is 0 Å². The van der Waals surface area contributed by atoms with Crippen molar-refractivity contribution in [3.8, 4) is 11.1 Å². The van der Waals surface area contributed by atoms with Gasteiger partial charge in [-0.25, -0.2) is 0 Å². The van der Waals surface area contributed by atoms with Crippen molar-refractivity contribution in [1.82, 2.24) is 0 Å². The zero-order chi connectivity index (χ0) is 28.6. The van der Waals surface area contributed by atoms with Crippen LogP contribution in [0.1, 0.15) is 43.2 Å². The van der Waals surface area contributed by atoms with E-state index in [2.05, 4.69) is 132 Å². The zero-order valence-corrected chi connectivity index (χ0v) is 24.9. The fourth-order valence-electron chi connectivity index (χ4n) is 11.7. The van der Waals surface area contributed by atoms with E-state index in [9.17, 15) is 0 Å². The van der Waals surface area contributed by atoms with E-state index >= 15 is 0 Å². The highest BCUT2D eigenvalue weighted by molar-refractivity contribution is 5.93. The molecule has 3 bridgehead atoms. The molecule has 6 aromatic carbocycles. The molecule has 0 saturated heterocycles. The van der Waals surface area contributed by atoms with E-state index in [0.29, 0.717) is 5.41 Å². The molecular weight excluding hydrogens is 530 g/mol. The van der Waals surface area contributed by atoms with Crippen LogP contribution in [0.3, 0.4) is 0 Å². The van der Waals surface area contributed by atoms with E-state index in [1.165, 1.54) is 81.8 Å². The first-order chi connectivity index (χ1) is 21.7. The molecule has 11 rings (SSSR count). The highest BCUT2D eigenvalue weighted by Crippen LogP contribution is 2.83. The summed E-state index contributed by atoms with van der Waals surface area (Å²) in [6.07, 6.45) is 7.32. The Labute approximate surface area is 259 Å². The Balaban J connectivity index is 1.15. The molecule has 6 aromatic rings. The van der Waals surface area contributed by atoms with Crippen molar-refractivity contribution in [2.45, 2.75) is 37.5 Å². The van der Waals surface area contributed by atoms with Crippen molar-refractivity contribution in [3.63, 3.8) is 0 Å². The Kier molecular flexibility index (Phi) is 4.48. The van der Waals surface area contributed by atoms with E-state index in [1.54, 1.807) is 11.1 Å². The van der Waals surface area contributed by atoms with Crippen molar-refractivity contribution in [2.24, 2.45) is 29.1 Å². The van der Waals surface area contributed by atoms with Gasteiger partial charge < -0.3 is 4.90 Å². The van der Waals surface area contributed by atoms with E-state index < -0.39 is 0 Å². The molecule has 0 amide bonds. The van der Waals surface area contributed by atoms with Crippen molar-refractivity contribution >= 4 is 38.6 Å². The van der Waals surface area contributed by atoms with Crippen LogP contribution in [0.25, 0.3) is 32.7 Å². The summed E-state index contributed by atoms with van der Waals surface area (Å²) in [7, 11) is 0. The van der Waals surface area contributed by atoms with Gasteiger partial charge in [0.1, 0.15) is 0 Å². The second-order valence-corrected chi connectivity index (χ2v) is 14.7. The normalized spacial score (nSPS) is 30.0. The van der Waals surface area contributed by atoms with Gasteiger partial charge in [0, 0.05) is 22.5 Å². The van der Waals surface area contributed by atoms with Crippen LogP contribution < -0.4 is 4.90 Å². The highest BCUT2D eigenvalue weighted by atomic mass is 15.1. The van der Waals surface area contributed by atoms with Crippen molar-refractivity contribution < 1.29 is 0 Å². The molecule has 5 aliphatic carbocycles. The smallest absolute Gasteiger partial charge is 0.0468 e. The van der Waals surface area contributed by atoms with Gasteiger partial charge in [-0.3, -0.25) is 0 Å². The van der Waals surface area contributed by atoms with Gasteiger partial charge in [0.25, 0.3) is 0 Å². The molecule has 1 nitrogen and oxygen atoms in total. The van der Waals surface area contributed by atoms with Crippen LogP contribution in [-0.4, -0.2) is 0 Å². The fraction of sp³-hybridized carbons (Fsp3) is 0.256. The third kappa shape index (κ3) is 2.83. The van der Waals surface area contributed by atoms with Gasteiger partial charge in [0.15, 0.2) is 0 Å². The lowest BCUT2D eigenvalue weighted by atomic mass is 9.49. The first-order valence-electron chi connectivity index (χ1n) is 16.7. The van der Waals surface area contributed by atoms with Gasteiger partial charge in [0.05, 0.1) is 0 Å². The standard InChI is InChI=1S/C43H35N/c1-3-9-30-21-34(15-13-28(30)7-1)44(35-16-14-29-8-2-4-10-31(29)22-35)36-17-18-38-37-11-5-6-12-39(37)43(40(38)24-36)33-20-27-19-32-23-41(43)42(32,25-27)26-33/h1-18,21-22,24,27,32-33,41H,19-20,23,25-26H2. The summed E-state index contributed by atoms with van der Waals surface area (Å²) in [6.45, 7) is 0. The van der Waals surface area contributed by atoms with Crippen LogP contribution in [0.15, 0.2) is 127 Å². The topological polar surface area (TPSA) is 3.24 Å². The Morgan fingerprint density at radius 2 is 1.07 bits per heavy atom. The van der Waals surface area contributed by atoms with Crippen molar-refractivity contribution in [3.05, 3.63) is 139 Å². The minimum absolute atomic E-state index is 0.173. The lowest BCUT2D eigenvalue weighted by molar-refractivity contribution is -0.0193. The number of fused-ring (bicyclic) bond motifs is 11. The highest BCUT2D eigenvalue weighted by Gasteiger charge is 2.76. The molecule has 1 heteroatoms. The predicted molar refractivity (Wildman–Crippen MR) is 182 cm³/mol. The van der Waals surface area contributed by atoms with Crippen molar-refractivity contribution in [1.29, 1.82) is 0 Å². The number of rotatable bonds is 3. The second-order valence-electron chi connectivity index (χ2n) is 14.7. The van der Waals surface area contributed by atoms with Crippen LogP contribution in [0.4, 0.5) is 17.1 Å². The maximum absolute atomic E-state index is 2.64. The van der Waals surface area contributed by atoms with Gasteiger partial charge >= 0.3 is 0 Å². The third-order valence-corrected chi connectivity index (χ3v) is 13.1. The molecule has 0 aromatic heterocycles. The molecule has 0 aliphatic heterocycles. The maximum Gasteiger partial charge on any atom is 0.0468 e. The monoisotopic (exact) mass is 565 g/mol. The number of anilines is 3. The lowest BCUT2D eigenvalue weighted by Gasteiger charge is -2.54. The number of hydrogen-bond acceptors (Lipinski definition) is 1. The molecule has 212 valence electrons. The summed E-state index contributed by atoms with van der Waals surface area (Å²) in [5, 5.41) is 5.12. The van der Waals surface area contributed by atoms with Gasteiger partial charge in [-0.1, -0.05) is 91.0 Å². The first kappa shape index (κ1) is 24.0. The lowest BCUT2D eigenvalue weighted by Crippen LogP contribution is -2.50. The van der Waals surface area contributed by atoms with E-state index in [-0.39, 0.29) is 5.41 Å². The van der Waals surface area contributed by atoms with Crippen molar-refractivity contribution in [2.75, 3.05) is 4.90 Å². The van der Waals surface area contributed by atoms with Crippen LogP contribution in [0, 0.1) is 29.1 Å². The zero-order valence-electron chi connectivity index (χ0n) is 24.9. The van der Waals surface area contributed by atoms with Crippen LogP contribution in [-0.2, 0) is 5.41 Å². The average Bonchev–Trinajstić information content (AvgIpc) is 3.52. The SMILES string of the molecule is c1ccc2c(c1)-c1ccc(N(c3ccc4ccccc4c3)c3ccc4ccccc4c3)cc1C21C2CC3CC4CC1C4(C3)C2. The third-order valence-electron chi connectivity index (χ3n) is 13.1. The summed E-state index contributed by atoms with van der Waals surface area (Å²) in [5.41, 5.74) is 10.8. The fourth-order valence-corrected chi connectivity index (χ4v) is 11.7. The summed E-state index contributed by atoms with van der Waals surface area (Å²) >= 11 is 0. The van der Waals surface area contributed by atoms with Gasteiger partial charge in [0.2, 0.25) is 0 Å². The number of nitrogens with zero attached hydrogens (tertiary/aromatic N) is 1. The van der Waals surface area contributed by atoms with E-state index in [4.69, 9.17) is 0 Å². The molecule has 6 unspecified atom stereocenters. The Morgan fingerprint density at radius 3 is 1.82 bits per heavy atom. The second kappa shape index (κ2) is 8.21. The maximum atomic E-state index is 2.64. The molecular formula is C43H35N. The molecule has 6 atom stereocenters. The average molecular weight is 566 g/mol. The molecule has 0 N–H and O–H groups in total. The molecule has 0 heterocycles. The van der Waals surface area contributed by atoms with E-state index in [1.807, 2.05) is 0 Å². The largest absolute Gasteiger partial charge is 0.310 e. The Bertz CT molecular complexity index is 2100. The number of hydrogen-bond donors (Lipinski definition) is 0. The summed E-state index contributed by atoms with van der Waals surface area (Å²) < 4.78 is 0. The van der Waals surface area contributed by atoms with E-state index in [0.717, 1.165) is 23.7 Å². The quantitative estimate of drug-likeness (QED) is 0.206. The summed E-state index contributed by atoms with van der Waals surface area (Å²) in [6, 6.07) is 48.5. The molecule has 2 spiro atoms. The molecule has 5 aliphatic rings. The summed E-state index contributed by atoms with van der Waals surface area (Å²) in [4.78, 5) is 2.52. The molecule has 0 radical (unpaired) electrons.